The number of rotatable bonds is 5. The highest BCUT2D eigenvalue weighted by atomic mass is 35.5. The smallest absolute Gasteiger partial charge is 0.239 e. The van der Waals surface area contributed by atoms with E-state index in [1.807, 2.05) is 49.1 Å². The number of anilines is 1. The topological polar surface area (TPSA) is 35.6 Å². The van der Waals surface area contributed by atoms with Gasteiger partial charge in [0.15, 0.2) is 0 Å². The van der Waals surface area contributed by atoms with E-state index in [9.17, 15) is 4.79 Å². The second kappa shape index (κ2) is 8.96. The second-order valence-electron chi connectivity index (χ2n) is 6.92. The number of hydrogen-bond acceptors (Lipinski definition) is 3. The van der Waals surface area contributed by atoms with Crippen molar-refractivity contribution in [1.82, 2.24) is 10.2 Å². The van der Waals surface area contributed by atoms with Crippen LogP contribution in [0.5, 0.6) is 0 Å². The van der Waals surface area contributed by atoms with E-state index in [-0.39, 0.29) is 18.0 Å². The highest BCUT2D eigenvalue weighted by Crippen LogP contribution is 2.26. The lowest BCUT2D eigenvalue weighted by molar-refractivity contribution is -0.133. The van der Waals surface area contributed by atoms with Gasteiger partial charge in [0.05, 0.1) is 6.04 Å². The Bertz CT molecular complexity index is 776. The predicted octanol–water partition coefficient (Wildman–Crippen LogP) is 4.38. The summed E-state index contributed by atoms with van der Waals surface area (Å²) in [4.78, 5) is 17.1. The van der Waals surface area contributed by atoms with Gasteiger partial charge in [0, 0.05) is 48.0 Å². The van der Waals surface area contributed by atoms with Crippen molar-refractivity contribution < 1.29 is 4.79 Å². The molecule has 1 N–H and O–H groups in total. The zero-order valence-electron chi connectivity index (χ0n) is 15.7. The maximum Gasteiger partial charge on any atom is 0.239 e. The first-order valence-electron chi connectivity index (χ1n) is 9.25. The Hall–Kier alpha value is -1.75. The molecule has 2 aromatic rings. The Labute approximate surface area is 171 Å². The lowest BCUT2D eigenvalue weighted by atomic mass is 10.1. The van der Waals surface area contributed by atoms with Gasteiger partial charge in [-0.1, -0.05) is 47.5 Å². The third kappa shape index (κ3) is 4.95. The molecule has 6 heteroatoms. The molecule has 0 aliphatic carbocycles. The number of carbonyl (C=O) groups is 1. The van der Waals surface area contributed by atoms with Crippen molar-refractivity contribution in [3.8, 4) is 0 Å². The van der Waals surface area contributed by atoms with Crippen LogP contribution in [0.1, 0.15) is 25.5 Å². The van der Waals surface area contributed by atoms with E-state index >= 15 is 0 Å². The van der Waals surface area contributed by atoms with Crippen LogP contribution in [0.4, 0.5) is 5.69 Å². The van der Waals surface area contributed by atoms with E-state index in [0.29, 0.717) is 10.0 Å². The number of nitrogens with one attached hydrogen (secondary N) is 1. The van der Waals surface area contributed by atoms with E-state index in [1.54, 1.807) is 6.07 Å². The minimum Gasteiger partial charge on any atom is -0.368 e. The summed E-state index contributed by atoms with van der Waals surface area (Å²) in [5, 5.41) is 4.58. The molecule has 1 heterocycles. The number of amides is 1. The van der Waals surface area contributed by atoms with E-state index in [1.165, 1.54) is 5.69 Å². The molecule has 0 saturated carbocycles. The SMILES string of the molecule is CC(NC(C)c1ccc(Cl)cc1Cl)C(=O)N1CCN(c2ccccc2)CC1. The van der Waals surface area contributed by atoms with Gasteiger partial charge in [0.25, 0.3) is 0 Å². The first-order chi connectivity index (χ1) is 13.0. The van der Waals surface area contributed by atoms with Crippen LogP contribution in [0, 0.1) is 0 Å². The summed E-state index contributed by atoms with van der Waals surface area (Å²) >= 11 is 12.3. The normalized spacial score (nSPS) is 16.9. The average Bonchev–Trinajstić information content (AvgIpc) is 2.68. The largest absolute Gasteiger partial charge is 0.368 e. The molecule has 1 fully saturated rings. The average molecular weight is 406 g/mol. The standard InChI is InChI=1S/C21H25Cl2N3O/c1-15(19-9-8-17(22)14-20(19)23)24-16(2)21(27)26-12-10-25(11-13-26)18-6-4-3-5-7-18/h3-9,14-16,24H,10-13H2,1-2H3. The van der Waals surface area contributed by atoms with Gasteiger partial charge >= 0.3 is 0 Å². The fourth-order valence-corrected chi connectivity index (χ4v) is 4.06. The van der Waals surface area contributed by atoms with Crippen LogP contribution < -0.4 is 10.2 Å². The predicted molar refractivity (Wildman–Crippen MR) is 113 cm³/mol. The molecule has 1 aliphatic rings. The fraction of sp³-hybridized carbons (Fsp3) is 0.381. The van der Waals surface area contributed by atoms with Crippen LogP contribution in [0.15, 0.2) is 48.5 Å². The van der Waals surface area contributed by atoms with Gasteiger partial charge in [-0.15, -0.1) is 0 Å². The molecule has 2 aromatic carbocycles. The minimum absolute atomic E-state index is 0.0423. The van der Waals surface area contributed by atoms with Crippen molar-refractivity contribution in [2.24, 2.45) is 0 Å². The van der Waals surface area contributed by atoms with Crippen LogP contribution in [0.2, 0.25) is 10.0 Å². The van der Waals surface area contributed by atoms with Crippen LogP contribution >= 0.6 is 23.2 Å². The summed E-state index contributed by atoms with van der Waals surface area (Å²) < 4.78 is 0. The highest BCUT2D eigenvalue weighted by Gasteiger charge is 2.26. The number of piperazine rings is 1. The zero-order valence-corrected chi connectivity index (χ0v) is 17.2. The maximum absolute atomic E-state index is 12.8. The third-order valence-electron chi connectivity index (χ3n) is 5.01. The molecule has 0 spiro atoms. The molecule has 4 nitrogen and oxygen atoms in total. The van der Waals surface area contributed by atoms with Crippen LogP contribution in [0.3, 0.4) is 0 Å². The highest BCUT2D eigenvalue weighted by molar-refractivity contribution is 6.35. The Morgan fingerprint density at radius 2 is 1.67 bits per heavy atom. The Morgan fingerprint density at radius 1 is 1.00 bits per heavy atom. The molecular weight excluding hydrogens is 381 g/mol. The van der Waals surface area contributed by atoms with Gasteiger partial charge in [-0.2, -0.15) is 0 Å². The van der Waals surface area contributed by atoms with Crippen molar-refractivity contribution in [3.63, 3.8) is 0 Å². The Kier molecular flexibility index (Phi) is 6.64. The van der Waals surface area contributed by atoms with Gasteiger partial charge in [-0.3, -0.25) is 10.1 Å². The Balaban J connectivity index is 1.55. The lowest BCUT2D eigenvalue weighted by Gasteiger charge is -2.37. The number of para-hydroxylation sites is 1. The molecule has 2 unspecified atom stereocenters. The quantitative estimate of drug-likeness (QED) is 0.801. The number of benzene rings is 2. The van der Waals surface area contributed by atoms with Gasteiger partial charge in [0.2, 0.25) is 5.91 Å². The fourth-order valence-electron chi connectivity index (χ4n) is 3.49. The molecule has 27 heavy (non-hydrogen) atoms. The van der Waals surface area contributed by atoms with E-state index in [4.69, 9.17) is 23.2 Å². The van der Waals surface area contributed by atoms with Gasteiger partial charge in [-0.25, -0.2) is 0 Å². The molecule has 1 amide bonds. The molecule has 0 aromatic heterocycles. The third-order valence-corrected chi connectivity index (χ3v) is 5.57. The van der Waals surface area contributed by atoms with Crippen LogP contribution in [0.25, 0.3) is 0 Å². The Morgan fingerprint density at radius 3 is 2.30 bits per heavy atom. The van der Waals surface area contributed by atoms with Crippen molar-refractivity contribution in [3.05, 3.63) is 64.1 Å². The number of nitrogens with zero attached hydrogens (tertiary/aromatic N) is 2. The number of halogens is 2. The van der Waals surface area contributed by atoms with Crippen LogP contribution in [-0.2, 0) is 4.79 Å². The van der Waals surface area contributed by atoms with E-state index < -0.39 is 0 Å². The summed E-state index contributed by atoms with van der Waals surface area (Å²) in [5.41, 5.74) is 2.15. The monoisotopic (exact) mass is 405 g/mol. The summed E-state index contributed by atoms with van der Waals surface area (Å²) in [6.07, 6.45) is 0. The van der Waals surface area contributed by atoms with Crippen molar-refractivity contribution in [2.45, 2.75) is 25.9 Å². The molecule has 2 atom stereocenters. The van der Waals surface area contributed by atoms with E-state index in [0.717, 1.165) is 31.7 Å². The number of carbonyl (C=O) groups excluding carboxylic acids is 1. The first-order valence-corrected chi connectivity index (χ1v) is 10.0. The molecule has 3 rings (SSSR count). The molecule has 1 aliphatic heterocycles. The molecule has 1 saturated heterocycles. The lowest BCUT2D eigenvalue weighted by Crippen LogP contribution is -2.53. The summed E-state index contributed by atoms with van der Waals surface area (Å²) in [7, 11) is 0. The first kappa shape index (κ1) is 20.0. The minimum atomic E-state index is -0.282. The van der Waals surface area contributed by atoms with Crippen molar-refractivity contribution >= 4 is 34.8 Å². The van der Waals surface area contributed by atoms with Gasteiger partial charge in [-0.05, 0) is 43.7 Å². The molecule has 0 radical (unpaired) electrons. The summed E-state index contributed by atoms with van der Waals surface area (Å²) in [5.74, 6) is 0.125. The van der Waals surface area contributed by atoms with Crippen molar-refractivity contribution in [2.75, 3.05) is 31.1 Å². The van der Waals surface area contributed by atoms with Crippen molar-refractivity contribution in [1.29, 1.82) is 0 Å². The zero-order chi connectivity index (χ0) is 19.4. The maximum atomic E-state index is 12.8. The number of hydrogen-bond donors (Lipinski definition) is 1. The second-order valence-corrected chi connectivity index (χ2v) is 7.77. The van der Waals surface area contributed by atoms with Gasteiger partial charge in [0.1, 0.15) is 0 Å². The summed E-state index contributed by atoms with van der Waals surface area (Å²) in [6.45, 7) is 7.08. The van der Waals surface area contributed by atoms with E-state index in [2.05, 4.69) is 22.3 Å². The van der Waals surface area contributed by atoms with Gasteiger partial charge < -0.3 is 9.80 Å². The molecule has 144 valence electrons. The molecule has 0 bridgehead atoms. The summed E-state index contributed by atoms with van der Waals surface area (Å²) in [6, 6.07) is 15.4. The van der Waals surface area contributed by atoms with Crippen LogP contribution in [-0.4, -0.2) is 43.0 Å². The molecular formula is C21H25Cl2N3O.